The van der Waals surface area contributed by atoms with E-state index < -0.39 is 4.92 Å². The van der Waals surface area contributed by atoms with Gasteiger partial charge in [0.1, 0.15) is 5.75 Å². The monoisotopic (exact) mass is 207 g/mol. The van der Waals surface area contributed by atoms with E-state index in [-0.39, 0.29) is 11.6 Å². The number of nitro groups is 1. The Morgan fingerprint density at radius 2 is 2.40 bits per heavy atom. The van der Waals surface area contributed by atoms with E-state index in [4.69, 9.17) is 4.74 Å². The predicted molar refractivity (Wildman–Crippen MR) is 58.0 cm³/mol. The van der Waals surface area contributed by atoms with Crippen molar-refractivity contribution in [2.24, 2.45) is 5.92 Å². The zero-order chi connectivity index (χ0) is 11.3. The average Bonchev–Trinajstić information content (AvgIpc) is 2.26. The molecule has 1 unspecified atom stereocenters. The lowest BCUT2D eigenvalue weighted by molar-refractivity contribution is -0.384. The number of rotatable bonds is 5. The third-order valence-corrected chi connectivity index (χ3v) is 1.94. The number of nitro benzene ring substituents is 1. The number of ether oxygens (including phenoxy) is 1. The van der Waals surface area contributed by atoms with Gasteiger partial charge in [-0.1, -0.05) is 19.1 Å². The first-order chi connectivity index (χ1) is 7.13. The van der Waals surface area contributed by atoms with Crippen LogP contribution in [0.3, 0.4) is 0 Å². The average molecular weight is 207 g/mol. The molecule has 0 fully saturated rings. The summed E-state index contributed by atoms with van der Waals surface area (Å²) in [6.07, 6.45) is 1.78. The van der Waals surface area contributed by atoms with Crippen molar-refractivity contribution in [3.8, 4) is 5.75 Å². The second-order valence-electron chi connectivity index (χ2n) is 3.28. The van der Waals surface area contributed by atoms with Crippen molar-refractivity contribution in [3.05, 3.63) is 47.0 Å². The minimum absolute atomic E-state index is 0.0405. The molecule has 4 heteroatoms. The van der Waals surface area contributed by atoms with E-state index in [1.165, 1.54) is 12.1 Å². The van der Waals surface area contributed by atoms with Crippen molar-refractivity contribution < 1.29 is 9.66 Å². The second kappa shape index (κ2) is 5.14. The van der Waals surface area contributed by atoms with Crippen molar-refractivity contribution >= 4 is 5.69 Å². The smallest absolute Gasteiger partial charge is 0.273 e. The van der Waals surface area contributed by atoms with Crippen molar-refractivity contribution in [2.45, 2.75) is 6.92 Å². The van der Waals surface area contributed by atoms with Gasteiger partial charge in [-0.3, -0.25) is 10.1 Å². The first kappa shape index (κ1) is 11.2. The fourth-order valence-corrected chi connectivity index (χ4v) is 0.983. The first-order valence-corrected chi connectivity index (χ1v) is 4.63. The number of benzene rings is 1. The maximum Gasteiger partial charge on any atom is 0.273 e. The van der Waals surface area contributed by atoms with E-state index in [9.17, 15) is 10.1 Å². The lowest BCUT2D eigenvalue weighted by atomic mass is 10.2. The Labute approximate surface area is 88.3 Å². The van der Waals surface area contributed by atoms with Crippen molar-refractivity contribution in [2.75, 3.05) is 6.61 Å². The minimum Gasteiger partial charge on any atom is -0.493 e. The van der Waals surface area contributed by atoms with Crippen LogP contribution >= 0.6 is 0 Å². The van der Waals surface area contributed by atoms with Gasteiger partial charge in [-0.25, -0.2) is 0 Å². The third-order valence-electron chi connectivity index (χ3n) is 1.94. The largest absolute Gasteiger partial charge is 0.493 e. The van der Waals surface area contributed by atoms with Gasteiger partial charge in [0.25, 0.3) is 5.69 Å². The minimum atomic E-state index is -0.441. The molecular formula is C11H13NO3. The highest BCUT2D eigenvalue weighted by molar-refractivity contribution is 5.37. The highest BCUT2D eigenvalue weighted by atomic mass is 16.6. The van der Waals surface area contributed by atoms with Gasteiger partial charge < -0.3 is 4.74 Å². The normalized spacial score (nSPS) is 11.8. The topological polar surface area (TPSA) is 52.4 Å². The molecule has 0 bridgehead atoms. The summed E-state index contributed by atoms with van der Waals surface area (Å²) < 4.78 is 5.37. The molecule has 80 valence electrons. The van der Waals surface area contributed by atoms with E-state index in [2.05, 4.69) is 6.58 Å². The molecule has 0 aliphatic carbocycles. The highest BCUT2D eigenvalue weighted by Gasteiger charge is 2.06. The Balaban J connectivity index is 2.65. The SMILES string of the molecule is C=CC(C)COc1cccc([N+](=O)[O-])c1. The lowest BCUT2D eigenvalue weighted by Crippen LogP contribution is -2.05. The van der Waals surface area contributed by atoms with Crippen LogP contribution in [0.1, 0.15) is 6.92 Å². The fourth-order valence-electron chi connectivity index (χ4n) is 0.983. The zero-order valence-electron chi connectivity index (χ0n) is 8.55. The molecule has 0 spiro atoms. The molecule has 0 saturated carbocycles. The summed E-state index contributed by atoms with van der Waals surface area (Å²) in [5.74, 6) is 0.738. The van der Waals surface area contributed by atoms with Crippen molar-refractivity contribution in [3.63, 3.8) is 0 Å². The van der Waals surface area contributed by atoms with Crippen LogP contribution in [0.5, 0.6) is 5.75 Å². The van der Waals surface area contributed by atoms with E-state index in [0.717, 1.165) is 0 Å². The molecule has 0 aliphatic rings. The van der Waals surface area contributed by atoms with Crippen molar-refractivity contribution in [1.29, 1.82) is 0 Å². The molecule has 0 N–H and O–H groups in total. The molecule has 1 aromatic rings. The van der Waals surface area contributed by atoms with Crippen LogP contribution in [0, 0.1) is 16.0 Å². The van der Waals surface area contributed by atoms with Gasteiger partial charge in [0.05, 0.1) is 17.6 Å². The number of non-ortho nitro benzene ring substituents is 1. The van der Waals surface area contributed by atoms with Crippen LogP contribution in [0.2, 0.25) is 0 Å². The molecule has 0 amide bonds. The van der Waals surface area contributed by atoms with Gasteiger partial charge >= 0.3 is 0 Å². The van der Waals surface area contributed by atoms with Crippen molar-refractivity contribution in [1.82, 2.24) is 0 Å². The number of hydrogen-bond acceptors (Lipinski definition) is 3. The molecule has 0 radical (unpaired) electrons. The molecule has 0 aliphatic heterocycles. The maximum atomic E-state index is 10.5. The summed E-state index contributed by atoms with van der Waals surface area (Å²) in [7, 11) is 0. The molecule has 4 nitrogen and oxygen atoms in total. The van der Waals surface area contributed by atoms with Gasteiger partial charge in [0.2, 0.25) is 0 Å². The van der Waals surface area contributed by atoms with E-state index in [1.54, 1.807) is 18.2 Å². The second-order valence-corrected chi connectivity index (χ2v) is 3.28. The van der Waals surface area contributed by atoms with E-state index in [1.807, 2.05) is 6.92 Å². The lowest BCUT2D eigenvalue weighted by Gasteiger charge is -2.08. The van der Waals surface area contributed by atoms with Crippen LogP contribution in [0.15, 0.2) is 36.9 Å². The number of hydrogen-bond donors (Lipinski definition) is 0. The van der Waals surface area contributed by atoms with Crippen LogP contribution in [-0.4, -0.2) is 11.5 Å². The van der Waals surface area contributed by atoms with Gasteiger partial charge in [0.15, 0.2) is 0 Å². The van der Waals surface area contributed by atoms with Gasteiger partial charge in [0, 0.05) is 12.0 Å². The van der Waals surface area contributed by atoms with Gasteiger partial charge in [-0.15, -0.1) is 6.58 Å². The molecule has 0 saturated heterocycles. The Kier molecular flexibility index (Phi) is 3.85. The zero-order valence-corrected chi connectivity index (χ0v) is 8.55. The van der Waals surface area contributed by atoms with Gasteiger partial charge in [-0.2, -0.15) is 0 Å². The Bertz CT molecular complexity index is 363. The predicted octanol–water partition coefficient (Wildman–Crippen LogP) is 2.80. The summed E-state index contributed by atoms with van der Waals surface area (Å²) in [5.41, 5.74) is 0.0405. The summed E-state index contributed by atoms with van der Waals surface area (Å²) >= 11 is 0. The molecule has 0 heterocycles. The molecule has 1 rings (SSSR count). The quantitative estimate of drug-likeness (QED) is 0.424. The van der Waals surface area contributed by atoms with E-state index >= 15 is 0 Å². The molecule has 1 aromatic carbocycles. The maximum absolute atomic E-state index is 10.5. The van der Waals surface area contributed by atoms with Gasteiger partial charge in [-0.05, 0) is 6.07 Å². The molecular weight excluding hydrogens is 194 g/mol. The van der Waals surface area contributed by atoms with Crippen LogP contribution in [0.25, 0.3) is 0 Å². The van der Waals surface area contributed by atoms with E-state index in [0.29, 0.717) is 12.4 Å². The molecule has 0 aromatic heterocycles. The van der Waals surface area contributed by atoms with Crippen LogP contribution in [-0.2, 0) is 0 Å². The molecule has 1 atom stereocenters. The molecule has 15 heavy (non-hydrogen) atoms. The highest BCUT2D eigenvalue weighted by Crippen LogP contribution is 2.19. The summed E-state index contributed by atoms with van der Waals surface area (Å²) in [5, 5.41) is 10.5. The summed E-state index contributed by atoms with van der Waals surface area (Å²) in [4.78, 5) is 10.0. The number of nitrogens with zero attached hydrogens (tertiary/aromatic N) is 1. The summed E-state index contributed by atoms with van der Waals surface area (Å²) in [6, 6.07) is 6.15. The van der Waals surface area contributed by atoms with Crippen LogP contribution < -0.4 is 4.74 Å². The Morgan fingerprint density at radius 1 is 1.67 bits per heavy atom. The fraction of sp³-hybridized carbons (Fsp3) is 0.273. The van der Waals surface area contributed by atoms with Crippen LogP contribution in [0.4, 0.5) is 5.69 Å². The Morgan fingerprint density at radius 3 is 3.00 bits per heavy atom. The third kappa shape index (κ3) is 3.42. The summed E-state index contributed by atoms with van der Waals surface area (Å²) in [6.45, 7) is 6.07. The Hall–Kier alpha value is -1.84. The first-order valence-electron chi connectivity index (χ1n) is 4.63. The standard InChI is InChI=1S/C11H13NO3/c1-3-9(2)8-15-11-6-4-5-10(7-11)12(13)14/h3-7,9H,1,8H2,2H3.